The first-order chi connectivity index (χ1) is 9.47. The molecule has 0 unspecified atom stereocenters. The van der Waals surface area contributed by atoms with Crippen molar-refractivity contribution in [2.45, 2.75) is 46.0 Å². The summed E-state index contributed by atoms with van der Waals surface area (Å²) in [5.74, 6) is 0.774. The molecule has 20 heavy (non-hydrogen) atoms. The first-order valence-electron chi connectivity index (χ1n) is 7.44. The van der Waals surface area contributed by atoms with Gasteiger partial charge in [-0.1, -0.05) is 25.4 Å². The molecule has 0 saturated heterocycles. The number of oxime groups is 1. The second-order valence-corrected chi connectivity index (χ2v) is 6.14. The van der Waals surface area contributed by atoms with Crippen molar-refractivity contribution in [1.29, 1.82) is 0 Å². The number of amides is 1. The minimum Gasteiger partial charge on any atom is -0.409 e. The molecule has 1 fully saturated rings. The van der Waals surface area contributed by atoms with Gasteiger partial charge in [0.05, 0.1) is 0 Å². The molecule has 0 aromatic heterocycles. The van der Waals surface area contributed by atoms with Crippen LogP contribution in [0.5, 0.6) is 0 Å². The molecule has 0 heterocycles. The zero-order valence-corrected chi connectivity index (χ0v) is 12.6. The van der Waals surface area contributed by atoms with E-state index in [1.807, 2.05) is 13.8 Å². The lowest BCUT2D eigenvalue weighted by molar-refractivity contribution is -0.122. The number of amidine groups is 1. The van der Waals surface area contributed by atoms with Gasteiger partial charge in [0.25, 0.3) is 0 Å². The first kappa shape index (κ1) is 16.8. The van der Waals surface area contributed by atoms with Crippen molar-refractivity contribution in [3.05, 3.63) is 0 Å². The van der Waals surface area contributed by atoms with Crippen LogP contribution < -0.4 is 16.4 Å². The van der Waals surface area contributed by atoms with Gasteiger partial charge in [0.2, 0.25) is 5.91 Å². The lowest BCUT2D eigenvalue weighted by Gasteiger charge is -2.22. The van der Waals surface area contributed by atoms with E-state index in [2.05, 4.69) is 15.8 Å². The highest BCUT2D eigenvalue weighted by Gasteiger charge is 2.28. The Kier molecular flexibility index (Phi) is 6.78. The van der Waals surface area contributed by atoms with Crippen LogP contribution in [-0.2, 0) is 4.79 Å². The Balaban J connectivity index is 1.93. The Morgan fingerprint density at radius 3 is 2.60 bits per heavy atom. The molecule has 1 amide bonds. The molecule has 6 nitrogen and oxygen atoms in total. The maximum Gasteiger partial charge on any atom is 0.223 e. The van der Waals surface area contributed by atoms with Crippen molar-refractivity contribution in [3.8, 4) is 0 Å². The Morgan fingerprint density at radius 2 is 2.00 bits per heavy atom. The molecule has 0 atom stereocenters. The molecule has 1 aliphatic rings. The quantitative estimate of drug-likeness (QED) is 0.158. The molecular formula is C14H28N4O2. The molecule has 1 saturated carbocycles. The van der Waals surface area contributed by atoms with E-state index in [1.54, 1.807) is 0 Å². The van der Waals surface area contributed by atoms with E-state index in [0.29, 0.717) is 6.54 Å². The second-order valence-electron chi connectivity index (χ2n) is 6.14. The molecule has 0 spiro atoms. The minimum absolute atomic E-state index is 0.201. The van der Waals surface area contributed by atoms with Gasteiger partial charge in [-0.2, -0.15) is 0 Å². The predicted octanol–water partition coefficient (Wildman–Crippen LogP) is 1.05. The zero-order valence-electron chi connectivity index (χ0n) is 12.6. The summed E-state index contributed by atoms with van der Waals surface area (Å²) in [7, 11) is 0. The lowest BCUT2D eigenvalue weighted by Crippen LogP contribution is -2.33. The molecule has 0 aromatic carbocycles. The predicted molar refractivity (Wildman–Crippen MR) is 79.6 cm³/mol. The molecule has 116 valence electrons. The van der Waals surface area contributed by atoms with E-state index in [9.17, 15) is 4.79 Å². The number of carbonyl (C=O) groups excluding carboxylic acids is 1. The highest BCUT2D eigenvalue weighted by Crippen LogP contribution is 2.28. The van der Waals surface area contributed by atoms with E-state index in [1.165, 1.54) is 0 Å². The third-order valence-corrected chi connectivity index (χ3v) is 3.76. The molecule has 1 rings (SSSR count). The average Bonchev–Trinajstić information content (AvgIpc) is 3.24. The molecule has 0 aromatic rings. The highest BCUT2D eigenvalue weighted by molar-refractivity contribution is 5.85. The summed E-state index contributed by atoms with van der Waals surface area (Å²) in [6.07, 6.45) is 5.05. The van der Waals surface area contributed by atoms with Gasteiger partial charge >= 0.3 is 0 Å². The number of carbonyl (C=O) groups is 1. The van der Waals surface area contributed by atoms with E-state index in [-0.39, 0.29) is 23.1 Å². The zero-order chi connectivity index (χ0) is 15.0. The van der Waals surface area contributed by atoms with Gasteiger partial charge in [-0.05, 0) is 32.2 Å². The summed E-state index contributed by atoms with van der Waals surface area (Å²) in [6, 6.07) is 0. The number of hydrogen-bond donors (Lipinski definition) is 4. The van der Waals surface area contributed by atoms with Gasteiger partial charge in [-0.15, -0.1) is 0 Å². The number of nitrogens with two attached hydrogens (primary N) is 1. The van der Waals surface area contributed by atoms with Crippen LogP contribution in [0.2, 0.25) is 0 Å². The van der Waals surface area contributed by atoms with Crippen molar-refractivity contribution in [1.82, 2.24) is 10.6 Å². The Labute approximate surface area is 121 Å². The fourth-order valence-electron chi connectivity index (χ4n) is 1.97. The Hall–Kier alpha value is -1.30. The van der Waals surface area contributed by atoms with E-state index >= 15 is 0 Å². The Bertz CT molecular complexity index is 338. The van der Waals surface area contributed by atoms with Crippen LogP contribution in [0.4, 0.5) is 0 Å². The molecule has 0 aliphatic heterocycles. The van der Waals surface area contributed by atoms with Gasteiger partial charge in [0, 0.05) is 24.4 Å². The van der Waals surface area contributed by atoms with Crippen molar-refractivity contribution in [2.24, 2.45) is 22.2 Å². The fraction of sp³-hybridized carbons (Fsp3) is 0.857. The number of nitrogens with one attached hydrogen (secondary N) is 2. The number of unbranched alkanes of at least 4 members (excludes halogenated alkanes) is 1. The normalized spacial score (nSPS) is 16.2. The smallest absolute Gasteiger partial charge is 0.223 e. The van der Waals surface area contributed by atoms with Crippen molar-refractivity contribution >= 4 is 11.7 Å². The van der Waals surface area contributed by atoms with Gasteiger partial charge in [-0.3, -0.25) is 4.79 Å². The summed E-state index contributed by atoms with van der Waals surface area (Å²) < 4.78 is 0. The van der Waals surface area contributed by atoms with Crippen LogP contribution >= 0.6 is 0 Å². The number of nitrogens with zero attached hydrogens (tertiary/aromatic N) is 1. The third-order valence-electron chi connectivity index (χ3n) is 3.76. The van der Waals surface area contributed by atoms with Crippen LogP contribution in [0.15, 0.2) is 5.16 Å². The monoisotopic (exact) mass is 284 g/mol. The summed E-state index contributed by atoms with van der Waals surface area (Å²) in [4.78, 5) is 11.4. The summed E-state index contributed by atoms with van der Waals surface area (Å²) >= 11 is 0. The third kappa shape index (κ3) is 6.23. The Morgan fingerprint density at radius 1 is 1.30 bits per heavy atom. The van der Waals surface area contributed by atoms with Crippen molar-refractivity contribution < 1.29 is 10.0 Å². The van der Waals surface area contributed by atoms with Crippen LogP contribution in [0.3, 0.4) is 0 Å². The van der Waals surface area contributed by atoms with E-state index in [0.717, 1.165) is 45.2 Å². The summed E-state index contributed by atoms with van der Waals surface area (Å²) in [5.41, 5.74) is 5.38. The van der Waals surface area contributed by atoms with Crippen LogP contribution in [0.25, 0.3) is 0 Å². The highest BCUT2D eigenvalue weighted by atomic mass is 16.4. The van der Waals surface area contributed by atoms with Gasteiger partial charge in [0.15, 0.2) is 0 Å². The molecule has 0 bridgehead atoms. The first-order valence-corrected chi connectivity index (χ1v) is 7.44. The summed E-state index contributed by atoms with van der Waals surface area (Å²) in [6.45, 7) is 6.38. The van der Waals surface area contributed by atoms with Crippen LogP contribution in [-0.4, -0.2) is 36.6 Å². The molecular weight excluding hydrogens is 256 g/mol. The average molecular weight is 284 g/mol. The lowest BCUT2D eigenvalue weighted by atomic mass is 9.86. The molecule has 0 radical (unpaired) electrons. The van der Waals surface area contributed by atoms with E-state index < -0.39 is 0 Å². The molecule has 5 N–H and O–H groups in total. The van der Waals surface area contributed by atoms with Gasteiger partial charge < -0.3 is 21.6 Å². The van der Waals surface area contributed by atoms with Crippen molar-refractivity contribution in [3.63, 3.8) is 0 Å². The van der Waals surface area contributed by atoms with Crippen LogP contribution in [0.1, 0.15) is 46.0 Å². The SMILES string of the molecule is CC(C)(CCCCNCCNC(=O)C1CC1)C(N)=NO. The second kappa shape index (κ2) is 8.09. The van der Waals surface area contributed by atoms with E-state index in [4.69, 9.17) is 10.9 Å². The maximum atomic E-state index is 11.4. The summed E-state index contributed by atoms with van der Waals surface area (Å²) in [5, 5.41) is 18.0. The topological polar surface area (TPSA) is 99.7 Å². The van der Waals surface area contributed by atoms with Crippen molar-refractivity contribution in [2.75, 3.05) is 19.6 Å². The molecule has 1 aliphatic carbocycles. The van der Waals surface area contributed by atoms with Gasteiger partial charge in [-0.25, -0.2) is 0 Å². The standard InChI is InChI=1S/C14H28N4O2/c1-14(2,13(15)18-20)7-3-4-8-16-9-10-17-12(19)11-5-6-11/h11,16,20H,3-10H2,1-2H3,(H2,15,18)(H,17,19). The van der Waals surface area contributed by atoms with Crippen LogP contribution in [0, 0.1) is 11.3 Å². The maximum absolute atomic E-state index is 11.4. The van der Waals surface area contributed by atoms with Gasteiger partial charge in [0.1, 0.15) is 5.84 Å². The molecule has 6 heteroatoms. The minimum atomic E-state index is -0.257. The number of rotatable bonds is 10. The number of hydrogen-bond acceptors (Lipinski definition) is 4. The fourth-order valence-corrected chi connectivity index (χ4v) is 1.97. The largest absolute Gasteiger partial charge is 0.409 e.